The monoisotopic (exact) mass is 321 g/mol. The minimum atomic E-state index is 0.0653. The van der Waals surface area contributed by atoms with Crippen LogP contribution in [-0.2, 0) is 22.6 Å². The van der Waals surface area contributed by atoms with Crippen molar-refractivity contribution in [2.45, 2.75) is 39.3 Å². The molecule has 2 saturated heterocycles. The van der Waals surface area contributed by atoms with Crippen LogP contribution in [0.1, 0.15) is 32.0 Å². The van der Waals surface area contributed by atoms with E-state index in [4.69, 9.17) is 4.74 Å². The van der Waals surface area contributed by atoms with E-state index < -0.39 is 0 Å². The third-order valence-corrected chi connectivity index (χ3v) is 4.93. The summed E-state index contributed by atoms with van der Waals surface area (Å²) in [5, 5.41) is 7.33. The van der Waals surface area contributed by atoms with E-state index in [1.54, 1.807) is 6.33 Å². The highest BCUT2D eigenvalue weighted by Gasteiger charge is 2.25. The van der Waals surface area contributed by atoms with Crippen molar-refractivity contribution in [2.24, 2.45) is 11.8 Å². The van der Waals surface area contributed by atoms with E-state index in [1.165, 1.54) is 0 Å². The topological polar surface area (TPSA) is 72.3 Å². The molecular weight excluding hydrogens is 294 g/mol. The van der Waals surface area contributed by atoms with Crippen molar-refractivity contribution < 1.29 is 9.53 Å². The fourth-order valence-corrected chi connectivity index (χ4v) is 3.35. The number of likely N-dealkylation sites (tertiary alicyclic amines) is 1. The lowest BCUT2D eigenvalue weighted by Gasteiger charge is -2.31. The van der Waals surface area contributed by atoms with Gasteiger partial charge in [0.05, 0.1) is 19.1 Å². The Kier molecular flexibility index (Phi) is 5.61. The average Bonchev–Trinajstić information content (AvgIpc) is 3.25. The van der Waals surface area contributed by atoms with Crippen molar-refractivity contribution in [1.29, 1.82) is 0 Å². The van der Waals surface area contributed by atoms with Crippen LogP contribution in [-0.4, -0.2) is 58.4 Å². The number of rotatable bonds is 6. The van der Waals surface area contributed by atoms with Crippen LogP contribution in [0.15, 0.2) is 6.33 Å². The number of carbonyl (C=O) groups is 1. The molecule has 0 bridgehead atoms. The van der Waals surface area contributed by atoms with E-state index in [-0.39, 0.29) is 11.8 Å². The molecule has 1 aromatic heterocycles. The lowest BCUT2D eigenvalue weighted by Crippen LogP contribution is -2.40. The summed E-state index contributed by atoms with van der Waals surface area (Å²) < 4.78 is 7.23. The first kappa shape index (κ1) is 16.4. The number of aryl methyl sites for hydroxylation is 1. The third-order valence-electron chi connectivity index (χ3n) is 4.93. The standard InChI is InChI=1S/C16H27N5O2/c1-2-21-15(18-12-19-21)10-20-6-3-13(4-7-20)9-17-16(22)14-5-8-23-11-14/h12-14H,2-11H2,1H3,(H,17,22). The van der Waals surface area contributed by atoms with Crippen molar-refractivity contribution in [2.75, 3.05) is 32.8 Å². The molecule has 1 amide bonds. The van der Waals surface area contributed by atoms with Crippen LogP contribution in [0, 0.1) is 11.8 Å². The number of nitrogens with one attached hydrogen (secondary N) is 1. The number of hydrogen-bond donors (Lipinski definition) is 1. The summed E-state index contributed by atoms with van der Waals surface area (Å²) in [4.78, 5) is 18.8. The molecule has 23 heavy (non-hydrogen) atoms. The van der Waals surface area contributed by atoms with Crippen molar-refractivity contribution in [3.05, 3.63) is 12.2 Å². The van der Waals surface area contributed by atoms with Gasteiger partial charge in [0, 0.05) is 19.7 Å². The van der Waals surface area contributed by atoms with Crippen molar-refractivity contribution >= 4 is 5.91 Å². The van der Waals surface area contributed by atoms with E-state index in [0.717, 1.165) is 64.4 Å². The SMILES string of the molecule is CCn1ncnc1CN1CCC(CNC(=O)C2CCOC2)CC1. The number of ether oxygens (including phenoxy) is 1. The van der Waals surface area contributed by atoms with Crippen molar-refractivity contribution in [1.82, 2.24) is 25.0 Å². The summed E-state index contributed by atoms with van der Waals surface area (Å²) in [5.41, 5.74) is 0. The zero-order valence-corrected chi connectivity index (χ0v) is 13.9. The molecule has 7 nitrogen and oxygen atoms in total. The van der Waals surface area contributed by atoms with Crippen LogP contribution in [0.25, 0.3) is 0 Å². The fraction of sp³-hybridized carbons (Fsp3) is 0.812. The Balaban J connectivity index is 1.37. The first-order chi connectivity index (χ1) is 11.3. The largest absolute Gasteiger partial charge is 0.381 e. The summed E-state index contributed by atoms with van der Waals surface area (Å²) in [6.45, 7) is 8.04. The number of piperidine rings is 1. The zero-order valence-electron chi connectivity index (χ0n) is 13.9. The quantitative estimate of drug-likeness (QED) is 0.833. The maximum Gasteiger partial charge on any atom is 0.225 e. The van der Waals surface area contributed by atoms with Gasteiger partial charge in [-0.3, -0.25) is 9.69 Å². The number of aromatic nitrogens is 3. The third kappa shape index (κ3) is 4.29. The van der Waals surface area contributed by atoms with Gasteiger partial charge in [0.1, 0.15) is 12.2 Å². The fourth-order valence-electron chi connectivity index (χ4n) is 3.35. The number of carbonyl (C=O) groups excluding carboxylic acids is 1. The van der Waals surface area contributed by atoms with Gasteiger partial charge in [-0.25, -0.2) is 9.67 Å². The molecule has 128 valence electrons. The second kappa shape index (κ2) is 7.88. The van der Waals surface area contributed by atoms with E-state index in [9.17, 15) is 4.79 Å². The van der Waals surface area contributed by atoms with Gasteiger partial charge in [0.2, 0.25) is 5.91 Å². The number of amides is 1. The molecule has 0 aliphatic carbocycles. The number of nitrogens with zero attached hydrogens (tertiary/aromatic N) is 4. The van der Waals surface area contributed by atoms with E-state index in [2.05, 4.69) is 27.2 Å². The van der Waals surface area contributed by atoms with Gasteiger partial charge in [0.15, 0.2) is 0 Å². The van der Waals surface area contributed by atoms with Crippen LogP contribution >= 0.6 is 0 Å². The minimum Gasteiger partial charge on any atom is -0.381 e. The molecule has 0 aromatic carbocycles. The molecular formula is C16H27N5O2. The summed E-state index contributed by atoms with van der Waals surface area (Å²) in [6, 6.07) is 0. The van der Waals surface area contributed by atoms with Gasteiger partial charge in [0.25, 0.3) is 0 Å². The molecule has 7 heteroatoms. The molecule has 1 N–H and O–H groups in total. The van der Waals surface area contributed by atoms with Crippen LogP contribution in [0.3, 0.4) is 0 Å². The summed E-state index contributed by atoms with van der Waals surface area (Å²) >= 11 is 0. The first-order valence-electron chi connectivity index (χ1n) is 8.70. The predicted molar refractivity (Wildman–Crippen MR) is 85.6 cm³/mol. The van der Waals surface area contributed by atoms with E-state index in [0.29, 0.717) is 12.5 Å². The molecule has 3 heterocycles. The van der Waals surface area contributed by atoms with Gasteiger partial charge in [-0.2, -0.15) is 5.10 Å². The highest BCUT2D eigenvalue weighted by molar-refractivity contribution is 5.78. The van der Waals surface area contributed by atoms with Gasteiger partial charge in [-0.1, -0.05) is 0 Å². The van der Waals surface area contributed by atoms with Crippen LogP contribution < -0.4 is 5.32 Å². The summed E-state index contributed by atoms with van der Waals surface area (Å²) in [5.74, 6) is 1.86. The molecule has 3 rings (SSSR count). The molecule has 1 unspecified atom stereocenters. The maximum atomic E-state index is 12.0. The Bertz CT molecular complexity index is 504. The van der Waals surface area contributed by atoms with Gasteiger partial charge >= 0.3 is 0 Å². The first-order valence-corrected chi connectivity index (χ1v) is 8.70. The van der Waals surface area contributed by atoms with E-state index >= 15 is 0 Å². The van der Waals surface area contributed by atoms with Crippen LogP contribution in [0.5, 0.6) is 0 Å². The summed E-state index contributed by atoms with van der Waals surface area (Å²) in [7, 11) is 0. The second-order valence-corrected chi connectivity index (χ2v) is 6.52. The van der Waals surface area contributed by atoms with Crippen LogP contribution in [0.2, 0.25) is 0 Å². The van der Waals surface area contributed by atoms with Crippen molar-refractivity contribution in [3.63, 3.8) is 0 Å². The van der Waals surface area contributed by atoms with Crippen molar-refractivity contribution in [3.8, 4) is 0 Å². The maximum absolute atomic E-state index is 12.0. The highest BCUT2D eigenvalue weighted by Crippen LogP contribution is 2.18. The lowest BCUT2D eigenvalue weighted by atomic mass is 9.96. The zero-order chi connectivity index (χ0) is 16.1. The van der Waals surface area contributed by atoms with Crippen LogP contribution in [0.4, 0.5) is 0 Å². The smallest absolute Gasteiger partial charge is 0.225 e. The Hall–Kier alpha value is -1.47. The predicted octanol–water partition coefficient (Wildman–Crippen LogP) is 0.663. The average molecular weight is 321 g/mol. The highest BCUT2D eigenvalue weighted by atomic mass is 16.5. The molecule has 0 spiro atoms. The molecule has 2 aliphatic rings. The minimum absolute atomic E-state index is 0.0653. The van der Waals surface area contributed by atoms with Gasteiger partial charge in [-0.15, -0.1) is 0 Å². The Morgan fingerprint density at radius 2 is 2.22 bits per heavy atom. The normalized spacial score (nSPS) is 23.3. The van der Waals surface area contributed by atoms with E-state index in [1.807, 2.05) is 4.68 Å². The molecule has 2 aliphatic heterocycles. The Morgan fingerprint density at radius 1 is 1.39 bits per heavy atom. The summed E-state index contributed by atoms with van der Waals surface area (Å²) in [6.07, 6.45) is 4.75. The van der Waals surface area contributed by atoms with Gasteiger partial charge in [-0.05, 0) is 45.2 Å². The molecule has 1 atom stereocenters. The molecule has 0 radical (unpaired) electrons. The molecule has 0 saturated carbocycles. The second-order valence-electron chi connectivity index (χ2n) is 6.52. The number of hydrogen-bond acceptors (Lipinski definition) is 5. The lowest BCUT2D eigenvalue weighted by molar-refractivity contribution is -0.125. The Labute approximate surface area is 137 Å². The molecule has 1 aromatic rings. The molecule has 2 fully saturated rings. The van der Waals surface area contributed by atoms with Gasteiger partial charge < -0.3 is 10.1 Å². The Morgan fingerprint density at radius 3 is 2.91 bits per heavy atom.